The van der Waals surface area contributed by atoms with Crippen LogP contribution in [0.1, 0.15) is 53.2 Å². The van der Waals surface area contributed by atoms with Crippen LogP contribution >= 0.6 is 22.9 Å². The monoisotopic (exact) mass is 540 g/mol. The highest BCUT2D eigenvalue weighted by atomic mass is 35.5. The van der Waals surface area contributed by atoms with Gasteiger partial charge in [-0.2, -0.15) is 0 Å². The highest BCUT2D eigenvalue weighted by Crippen LogP contribution is 2.32. The van der Waals surface area contributed by atoms with Gasteiger partial charge in [-0.05, 0) is 57.0 Å². The number of hydrogen-bond donors (Lipinski definition) is 1. The summed E-state index contributed by atoms with van der Waals surface area (Å²) in [6.07, 6.45) is 1.79. The Morgan fingerprint density at radius 2 is 2.00 bits per heavy atom. The lowest BCUT2D eigenvalue weighted by Gasteiger charge is -2.34. The average Bonchev–Trinajstić information content (AvgIpc) is 3.63. The molecule has 1 aromatic carbocycles. The van der Waals surface area contributed by atoms with E-state index in [-0.39, 0.29) is 11.9 Å². The van der Waals surface area contributed by atoms with E-state index in [2.05, 4.69) is 29.2 Å². The minimum absolute atomic E-state index is 0.0938. The van der Waals surface area contributed by atoms with Crippen LogP contribution in [0.2, 0.25) is 4.34 Å². The number of carbonyl (C=O) groups is 2. The number of hydrogen-bond acceptors (Lipinski definition) is 7. The van der Waals surface area contributed by atoms with Crippen molar-refractivity contribution in [2.75, 3.05) is 20.2 Å². The Labute approximate surface area is 224 Å². The fourth-order valence-corrected chi connectivity index (χ4v) is 5.85. The molecule has 1 saturated heterocycles. The van der Waals surface area contributed by atoms with Gasteiger partial charge in [-0.15, -0.1) is 11.3 Å². The number of ether oxygens (including phenoxy) is 1. The number of amides is 1. The predicted octanol–water partition coefficient (Wildman–Crippen LogP) is 5.45. The number of thiophene rings is 1. The van der Waals surface area contributed by atoms with Crippen LogP contribution in [0.4, 0.5) is 0 Å². The topological polar surface area (TPSA) is 89.6 Å². The predicted molar refractivity (Wildman–Crippen MR) is 144 cm³/mol. The maximum Gasteiger partial charge on any atom is 0.338 e. The van der Waals surface area contributed by atoms with Crippen LogP contribution in [0.25, 0.3) is 21.5 Å². The molecule has 0 atom stereocenters. The molecule has 1 N–H and O–H groups in total. The van der Waals surface area contributed by atoms with Gasteiger partial charge in [0.15, 0.2) is 5.76 Å². The summed E-state index contributed by atoms with van der Waals surface area (Å²) in [6, 6.07) is 13.3. The number of halogens is 1. The molecule has 10 heteroatoms. The first kappa shape index (κ1) is 25.5. The Kier molecular flexibility index (Phi) is 7.37. The van der Waals surface area contributed by atoms with Gasteiger partial charge in [0.2, 0.25) is 0 Å². The van der Waals surface area contributed by atoms with Crippen molar-refractivity contribution >= 4 is 45.7 Å². The molecule has 0 radical (unpaired) electrons. The van der Waals surface area contributed by atoms with Crippen molar-refractivity contribution in [1.82, 2.24) is 19.9 Å². The summed E-state index contributed by atoms with van der Waals surface area (Å²) in [5, 5.41) is 8.11. The number of esters is 1. The second kappa shape index (κ2) is 10.7. The van der Waals surface area contributed by atoms with Crippen LogP contribution in [0.3, 0.4) is 0 Å². The van der Waals surface area contributed by atoms with Gasteiger partial charge in [-0.1, -0.05) is 22.8 Å². The molecule has 4 heterocycles. The number of rotatable bonds is 7. The number of nitrogens with one attached hydrogen (secondary N) is 1. The number of likely N-dealkylation sites (tertiary alicyclic amines) is 1. The molecule has 0 unspecified atom stereocenters. The smallest absolute Gasteiger partial charge is 0.338 e. The van der Waals surface area contributed by atoms with E-state index >= 15 is 0 Å². The lowest BCUT2D eigenvalue weighted by molar-refractivity contribution is 0.0602. The summed E-state index contributed by atoms with van der Waals surface area (Å²) in [5.41, 5.74) is 2.26. The SMILES string of the molecule is COC(=O)c1cccc2c1cc(C(=O)NC1CCN(C(C)C)CC1)n2Cc1cc(-c2ccc(Cl)s2)on1. The molecule has 1 amide bonds. The number of fused-ring (bicyclic) bond motifs is 1. The first-order chi connectivity index (χ1) is 17.8. The Hall–Kier alpha value is -3.14. The number of carbonyl (C=O) groups excluding carboxylic acids is 2. The summed E-state index contributed by atoms with van der Waals surface area (Å²) in [4.78, 5) is 29.3. The van der Waals surface area contributed by atoms with E-state index in [9.17, 15) is 9.59 Å². The van der Waals surface area contributed by atoms with Crippen LogP contribution in [0.5, 0.6) is 0 Å². The second-order valence-corrected chi connectivity index (χ2v) is 11.2. The zero-order chi connectivity index (χ0) is 26.1. The molecule has 0 bridgehead atoms. The first-order valence-corrected chi connectivity index (χ1v) is 13.5. The van der Waals surface area contributed by atoms with Gasteiger partial charge in [-0.25, -0.2) is 4.79 Å². The summed E-state index contributed by atoms with van der Waals surface area (Å²) >= 11 is 7.48. The van der Waals surface area contributed by atoms with Crippen molar-refractivity contribution in [3.63, 3.8) is 0 Å². The number of nitrogens with zero attached hydrogens (tertiary/aromatic N) is 3. The number of methoxy groups -OCH3 is 1. The standard InChI is InChI=1S/C27H29ClN4O4S/c1-16(2)31-11-9-17(10-12-31)29-26(33)22-14-20-19(27(34)35-3)5-4-6-21(20)32(22)15-18-13-23(36-30-18)24-7-8-25(28)37-24/h4-8,13-14,16-17H,9-12,15H2,1-3H3,(H,29,33). The van der Waals surface area contributed by atoms with Gasteiger partial charge in [-0.3, -0.25) is 4.79 Å². The molecule has 37 heavy (non-hydrogen) atoms. The van der Waals surface area contributed by atoms with Crippen molar-refractivity contribution in [2.24, 2.45) is 0 Å². The van der Waals surface area contributed by atoms with Crippen LogP contribution in [0, 0.1) is 0 Å². The fourth-order valence-electron chi connectivity index (χ4n) is 4.86. The minimum Gasteiger partial charge on any atom is -0.465 e. The number of aromatic nitrogens is 2. The molecule has 194 valence electrons. The van der Waals surface area contributed by atoms with Crippen LogP contribution in [-0.2, 0) is 11.3 Å². The quantitative estimate of drug-likeness (QED) is 0.314. The maximum atomic E-state index is 13.6. The van der Waals surface area contributed by atoms with Crippen molar-refractivity contribution in [2.45, 2.75) is 45.3 Å². The molecule has 0 saturated carbocycles. The van der Waals surface area contributed by atoms with Crippen molar-refractivity contribution in [3.05, 3.63) is 63.8 Å². The van der Waals surface area contributed by atoms with Gasteiger partial charge in [0, 0.05) is 42.1 Å². The van der Waals surface area contributed by atoms with Gasteiger partial charge >= 0.3 is 5.97 Å². The van der Waals surface area contributed by atoms with E-state index in [4.69, 9.17) is 20.9 Å². The Morgan fingerprint density at radius 3 is 2.68 bits per heavy atom. The second-order valence-electron chi connectivity index (χ2n) is 9.51. The molecule has 1 fully saturated rings. The molecule has 0 aliphatic carbocycles. The van der Waals surface area contributed by atoms with Gasteiger partial charge in [0.25, 0.3) is 5.91 Å². The van der Waals surface area contributed by atoms with E-state index in [1.165, 1.54) is 18.4 Å². The van der Waals surface area contributed by atoms with Crippen LogP contribution < -0.4 is 5.32 Å². The van der Waals surface area contributed by atoms with Gasteiger partial charge < -0.3 is 24.0 Å². The maximum absolute atomic E-state index is 13.6. The van der Waals surface area contributed by atoms with Crippen LogP contribution in [-0.4, -0.2) is 58.8 Å². The molecule has 1 aliphatic heterocycles. The highest BCUT2D eigenvalue weighted by Gasteiger charge is 2.26. The Bertz CT molecular complexity index is 1430. The van der Waals surface area contributed by atoms with E-state index in [1.807, 2.05) is 28.8 Å². The van der Waals surface area contributed by atoms with E-state index in [0.29, 0.717) is 45.0 Å². The van der Waals surface area contributed by atoms with Crippen LogP contribution in [0.15, 0.2) is 47.0 Å². The summed E-state index contributed by atoms with van der Waals surface area (Å²) in [7, 11) is 1.35. The molecule has 4 aromatic rings. The zero-order valence-corrected chi connectivity index (χ0v) is 22.6. The van der Waals surface area contributed by atoms with E-state index in [1.54, 1.807) is 18.2 Å². The fraction of sp³-hybridized carbons (Fsp3) is 0.370. The van der Waals surface area contributed by atoms with Gasteiger partial charge in [0.1, 0.15) is 11.4 Å². The largest absolute Gasteiger partial charge is 0.465 e. The highest BCUT2D eigenvalue weighted by molar-refractivity contribution is 7.19. The Morgan fingerprint density at radius 1 is 1.22 bits per heavy atom. The third kappa shape index (κ3) is 5.30. The van der Waals surface area contributed by atoms with Crippen molar-refractivity contribution in [3.8, 4) is 10.6 Å². The molecule has 0 spiro atoms. The Balaban J connectivity index is 1.47. The molecule has 8 nitrogen and oxygen atoms in total. The summed E-state index contributed by atoms with van der Waals surface area (Å²) in [6.45, 7) is 6.58. The molecular weight excluding hydrogens is 512 g/mol. The number of piperidine rings is 1. The first-order valence-electron chi connectivity index (χ1n) is 12.3. The zero-order valence-electron chi connectivity index (χ0n) is 21.0. The molecule has 5 rings (SSSR count). The summed E-state index contributed by atoms with van der Waals surface area (Å²) in [5.74, 6) is -0.0145. The van der Waals surface area contributed by atoms with E-state index < -0.39 is 5.97 Å². The third-order valence-corrected chi connectivity index (χ3v) is 8.12. The lowest BCUT2D eigenvalue weighted by atomic mass is 10.0. The van der Waals surface area contributed by atoms with E-state index in [0.717, 1.165) is 36.3 Å². The average molecular weight is 541 g/mol. The normalized spacial score (nSPS) is 14.9. The van der Waals surface area contributed by atoms with Gasteiger partial charge in [0.05, 0.1) is 28.4 Å². The lowest BCUT2D eigenvalue weighted by Crippen LogP contribution is -2.46. The molecule has 3 aromatic heterocycles. The van der Waals surface area contributed by atoms with Crippen molar-refractivity contribution in [1.29, 1.82) is 0 Å². The molecular formula is C27H29ClN4O4S. The number of benzene rings is 1. The third-order valence-electron chi connectivity index (χ3n) is 6.87. The van der Waals surface area contributed by atoms with Crippen molar-refractivity contribution < 1.29 is 18.8 Å². The molecule has 1 aliphatic rings. The minimum atomic E-state index is -0.450. The summed E-state index contributed by atoms with van der Waals surface area (Å²) < 4.78 is 13.1.